The Morgan fingerprint density at radius 1 is 1.32 bits per heavy atom. The van der Waals surface area contributed by atoms with Gasteiger partial charge in [-0.1, -0.05) is 19.9 Å². The van der Waals surface area contributed by atoms with Crippen LogP contribution in [0, 0.1) is 5.41 Å². The molecule has 0 amide bonds. The van der Waals surface area contributed by atoms with Crippen LogP contribution < -0.4 is 5.73 Å². The molecule has 0 saturated heterocycles. The Balaban J connectivity index is 2.20. The van der Waals surface area contributed by atoms with Crippen LogP contribution in [0.1, 0.15) is 58.1 Å². The van der Waals surface area contributed by atoms with Gasteiger partial charge in [0.2, 0.25) is 0 Å². The van der Waals surface area contributed by atoms with E-state index in [9.17, 15) is 0 Å². The summed E-state index contributed by atoms with van der Waals surface area (Å²) in [6, 6.07) is 3.91. The van der Waals surface area contributed by atoms with Crippen LogP contribution in [-0.4, -0.2) is 17.2 Å². The lowest BCUT2D eigenvalue weighted by Crippen LogP contribution is -2.48. The molecule has 1 aromatic heterocycles. The third kappa shape index (κ3) is 3.15. The molecule has 0 aromatic carbocycles. The Labute approximate surface area is 116 Å². The number of ether oxygens (including phenoxy) is 1. The van der Waals surface area contributed by atoms with Crippen molar-refractivity contribution in [3.8, 4) is 0 Å². The molecule has 3 heteroatoms. The zero-order valence-electron chi connectivity index (χ0n) is 12.4. The standard InChI is InChI=1S/C16H26N2O/c1-4-19-16(9-7-15(2,3)8-10-16)14(17)13-6-5-11-18-12-13/h5-6,11-12,14H,4,7-10,17H2,1-3H3. The highest BCUT2D eigenvalue weighted by Gasteiger charge is 2.43. The van der Waals surface area contributed by atoms with E-state index >= 15 is 0 Å². The molecule has 0 spiro atoms. The van der Waals surface area contributed by atoms with Crippen LogP contribution >= 0.6 is 0 Å². The molecule has 1 aromatic rings. The van der Waals surface area contributed by atoms with Gasteiger partial charge in [0.1, 0.15) is 0 Å². The minimum Gasteiger partial charge on any atom is -0.373 e. The quantitative estimate of drug-likeness (QED) is 0.904. The van der Waals surface area contributed by atoms with E-state index in [0.717, 1.165) is 18.4 Å². The summed E-state index contributed by atoms with van der Waals surface area (Å²) in [5.41, 5.74) is 7.79. The fraction of sp³-hybridized carbons (Fsp3) is 0.688. The Morgan fingerprint density at radius 2 is 2.00 bits per heavy atom. The van der Waals surface area contributed by atoms with Gasteiger partial charge < -0.3 is 10.5 Å². The lowest BCUT2D eigenvalue weighted by molar-refractivity contribution is -0.100. The van der Waals surface area contributed by atoms with Crippen molar-refractivity contribution in [2.75, 3.05) is 6.61 Å². The topological polar surface area (TPSA) is 48.1 Å². The van der Waals surface area contributed by atoms with Crippen LogP contribution in [0.15, 0.2) is 24.5 Å². The van der Waals surface area contributed by atoms with Gasteiger partial charge in [-0.25, -0.2) is 0 Å². The van der Waals surface area contributed by atoms with Gasteiger partial charge in [-0.3, -0.25) is 4.98 Å². The normalized spacial score (nSPS) is 22.9. The van der Waals surface area contributed by atoms with Crippen LogP contribution in [0.2, 0.25) is 0 Å². The molecule has 1 unspecified atom stereocenters. The lowest BCUT2D eigenvalue weighted by atomic mass is 9.67. The van der Waals surface area contributed by atoms with Gasteiger partial charge in [-0.05, 0) is 49.7 Å². The van der Waals surface area contributed by atoms with E-state index in [4.69, 9.17) is 10.5 Å². The van der Waals surface area contributed by atoms with E-state index in [1.54, 1.807) is 6.20 Å². The molecule has 2 rings (SSSR count). The minimum absolute atomic E-state index is 0.0859. The average molecular weight is 262 g/mol. The number of aromatic nitrogens is 1. The maximum atomic E-state index is 6.51. The molecule has 1 aliphatic rings. The Hall–Kier alpha value is -0.930. The number of nitrogens with two attached hydrogens (primary N) is 1. The van der Waals surface area contributed by atoms with Crippen molar-refractivity contribution in [2.45, 2.75) is 58.1 Å². The fourth-order valence-corrected chi connectivity index (χ4v) is 3.05. The van der Waals surface area contributed by atoms with Crippen molar-refractivity contribution in [2.24, 2.45) is 11.1 Å². The third-order valence-corrected chi connectivity index (χ3v) is 4.49. The zero-order valence-corrected chi connectivity index (χ0v) is 12.4. The molecule has 1 atom stereocenters. The molecule has 1 fully saturated rings. The molecular formula is C16H26N2O. The first-order valence-electron chi connectivity index (χ1n) is 7.29. The summed E-state index contributed by atoms with van der Waals surface area (Å²) in [4.78, 5) is 4.18. The second-order valence-electron chi connectivity index (χ2n) is 6.43. The Bertz CT molecular complexity index is 392. The highest BCUT2D eigenvalue weighted by atomic mass is 16.5. The minimum atomic E-state index is -0.215. The smallest absolute Gasteiger partial charge is 0.0875 e. The summed E-state index contributed by atoms with van der Waals surface area (Å²) >= 11 is 0. The molecule has 0 radical (unpaired) electrons. The van der Waals surface area contributed by atoms with Crippen molar-refractivity contribution in [1.82, 2.24) is 4.98 Å². The molecule has 3 nitrogen and oxygen atoms in total. The second-order valence-corrected chi connectivity index (χ2v) is 6.43. The first-order valence-corrected chi connectivity index (χ1v) is 7.29. The molecule has 0 bridgehead atoms. The largest absolute Gasteiger partial charge is 0.373 e. The number of pyridine rings is 1. The number of hydrogen-bond acceptors (Lipinski definition) is 3. The summed E-state index contributed by atoms with van der Waals surface area (Å²) in [7, 11) is 0. The lowest BCUT2D eigenvalue weighted by Gasteiger charge is -2.46. The summed E-state index contributed by atoms with van der Waals surface area (Å²) < 4.78 is 6.13. The van der Waals surface area contributed by atoms with Crippen molar-refractivity contribution in [3.63, 3.8) is 0 Å². The first-order chi connectivity index (χ1) is 8.99. The summed E-state index contributed by atoms with van der Waals surface area (Å²) in [5.74, 6) is 0. The fourth-order valence-electron chi connectivity index (χ4n) is 3.05. The SMILES string of the molecule is CCOC1(C(N)c2cccnc2)CCC(C)(C)CC1. The monoisotopic (exact) mass is 262 g/mol. The van der Waals surface area contributed by atoms with Gasteiger partial charge in [-0.15, -0.1) is 0 Å². The van der Waals surface area contributed by atoms with Gasteiger partial charge in [0.15, 0.2) is 0 Å². The van der Waals surface area contributed by atoms with Gasteiger partial charge in [0.05, 0.1) is 11.6 Å². The number of rotatable bonds is 4. The highest BCUT2D eigenvalue weighted by Crippen LogP contribution is 2.46. The van der Waals surface area contributed by atoms with E-state index in [1.807, 2.05) is 12.3 Å². The van der Waals surface area contributed by atoms with Crippen molar-refractivity contribution in [1.29, 1.82) is 0 Å². The molecule has 1 saturated carbocycles. The Kier molecular flexibility index (Phi) is 4.26. The van der Waals surface area contributed by atoms with Crippen molar-refractivity contribution >= 4 is 0 Å². The number of hydrogen-bond donors (Lipinski definition) is 1. The molecule has 1 heterocycles. The zero-order chi connectivity index (χ0) is 13.9. The van der Waals surface area contributed by atoms with E-state index in [2.05, 4.69) is 31.8 Å². The summed E-state index contributed by atoms with van der Waals surface area (Å²) in [6.45, 7) is 7.43. The number of nitrogens with zero attached hydrogens (tertiary/aromatic N) is 1. The van der Waals surface area contributed by atoms with E-state index in [-0.39, 0.29) is 11.6 Å². The van der Waals surface area contributed by atoms with Gasteiger partial charge in [-0.2, -0.15) is 0 Å². The van der Waals surface area contributed by atoms with Gasteiger partial charge in [0, 0.05) is 19.0 Å². The third-order valence-electron chi connectivity index (χ3n) is 4.49. The van der Waals surface area contributed by atoms with Crippen LogP contribution in [0.25, 0.3) is 0 Å². The van der Waals surface area contributed by atoms with Crippen LogP contribution in [0.5, 0.6) is 0 Å². The molecule has 106 valence electrons. The van der Waals surface area contributed by atoms with Crippen molar-refractivity contribution < 1.29 is 4.74 Å². The molecule has 19 heavy (non-hydrogen) atoms. The highest BCUT2D eigenvalue weighted by molar-refractivity contribution is 5.18. The Morgan fingerprint density at radius 3 is 2.53 bits per heavy atom. The molecular weight excluding hydrogens is 236 g/mol. The molecule has 1 aliphatic carbocycles. The maximum absolute atomic E-state index is 6.51. The summed E-state index contributed by atoms with van der Waals surface area (Å²) in [5, 5.41) is 0. The molecule has 2 N–H and O–H groups in total. The van der Waals surface area contributed by atoms with E-state index < -0.39 is 0 Å². The van der Waals surface area contributed by atoms with Gasteiger partial charge in [0.25, 0.3) is 0 Å². The predicted octanol–water partition coefficient (Wildman–Crippen LogP) is 3.46. The first kappa shape index (κ1) is 14.5. The van der Waals surface area contributed by atoms with E-state index in [1.165, 1.54) is 12.8 Å². The van der Waals surface area contributed by atoms with Crippen LogP contribution in [0.3, 0.4) is 0 Å². The van der Waals surface area contributed by atoms with Crippen LogP contribution in [-0.2, 0) is 4.74 Å². The maximum Gasteiger partial charge on any atom is 0.0875 e. The predicted molar refractivity (Wildman–Crippen MR) is 77.8 cm³/mol. The van der Waals surface area contributed by atoms with Gasteiger partial charge >= 0.3 is 0 Å². The summed E-state index contributed by atoms with van der Waals surface area (Å²) in [6.07, 6.45) is 8.05. The van der Waals surface area contributed by atoms with E-state index in [0.29, 0.717) is 12.0 Å². The van der Waals surface area contributed by atoms with Crippen LogP contribution in [0.4, 0.5) is 0 Å². The second kappa shape index (κ2) is 5.59. The van der Waals surface area contributed by atoms with Crippen molar-refractivity contribution in [3.05, 3.63) is 30.1 Å². The molecule has 0 aliphatic heterocycles. The average Bonchev–Trinajstić information content (AvgIpc) is 2.42.